The maximum atomic E-state index is 12.4. The van der Waals surface area contributed by atoms with E-state index in [9.17, 15) is 4.79 Å². The minimum absolute atomic E-state index is 0. The van der Waals surface area contributed by atoms with Gasteiger partial charge in [-0.15, -0.1) is 24.8 Å². The minimum atomic E-state index is 0. The number of nitrogens with zero attached hydrogens (tertiary/aromatic N) is 2. The molecule has 6 heteroatoms. The van der Waals surface area contributed by atoms with Crippen molar-refractivity contribution in [2.45, 2.75) is 51.0 Å². The molecule has 2 rings (SSSR count). The van der Waals surface area contributed by atoms with E-state index in [0.717, 1.165) is 51.2 Å². The molecule has 22 heavy (non-hydrogen) atoms. The van der Waals surface area contributed by atoms with E-state index in [1.807, 2.05) is 0 Å². The number of likely N-dealkylation sites (tertiary alicyclic amines) is 1. The lowest BCUT2D eigenvalue weighted by molar-refractivity contribution is -0.134. The average Bonchev–Trinajstić information content (AvgIpc) is 2.41. The van der Waals surface area contributed by atoms with Gasteiger partial charge in [0, 0.05) is 32.1 Å². The van der Waals surface area contributed by atoms with Crippen LogP contribution in [0.5, 0.6) is 0 Å². The number of carbonyl (C=O) groups excluding carboxylic acids is 1. The predicted octanol–water partition coefficient (Wildman–Crippen LogP) is 2.54. The zero-order valence-electron chi connectivity index (χ0n) is 14.0. The topological polar surface area (TPSA) is 49.6 Å². The first kappa shape index (κ1) is 22.0. The van der Waals surface area contributed by atoms with E-state index in [2.05, 4.69) is 23.9 Å². The lowest BCUT2D eigenvalue weighted by atomic mass is 9.82. The number of piperidine rings is 1. The van der Waals surface area contributed by atoms with Gasteiger partial charge >= 0.3 is 0 Å². The van der Waals surface area contributed by atoms with Gasteiger partial charge in [-0.05, 0) is 51.6 Å². The van der Waals surface area contributed by atoms with Crippen LogP contribution in [0.15, 0.2) is 0 Å². The van der Waals surface area contributed by atoms with E-state index < -0.39 is 0 Å². The first-order chi connectivity index (χ1) is 9.56. The van der Waals surface area contributed by atoms with Gasteiger partial charge < -0.3 is 15.5 Å². The Morgan fingerprint density at radius 3 is 2.23 bits per heavy atom. The van der Waals surface area contributed by atoms with Crippen LogP contribution < -0.4 is 5.73 Å². The summed E-state index contributed by atoms with van der Waals surface area (Å²) in [6.45, 7) is 3.04. The van der Waals surface area contributed by atoms with Gasteiger partial charge in [-0.25, -0.2) is 0 Å². The van der Waals surface area contributed by atoms with Crippen LogP contribution in [-0.4, -0.2) is 55.5 Å². The molecule has 2 unspecified atom stereocenters. The highest BCUT2D eigenvalue weighted by molar-refractivity contribution is 5.85. The van der Waals surface area contributed by atoms with Crippen LogP contribution in [0.2, 0.25) is 0 Å². The molecule has 1 saturated heterocycles. The SMILES string of the molecule is CN(C)CC1CCN(C(=O)CC2CCCCC2N)CC1.Cl.Cl. The second kappa shape index (κ2) is 10.7. The van der Waals surface area contributed by atoms with Crippen LogP contribution in [0, 0.1) is 11.8 Å². The highest BCUT2D eigenvalue weighted by Gasteiger charge is 2.28. The molecule has 0 radical (unpaired) electrons. The molecular weight excluding hydrogens is 321 g/mol. The molecular formula is C16H33Cl2N3O. The van der Waals surface area contributed by atoms with E-state index in [4.69, 9.17) is 5.73 Å². The highest BCUT2D eigenvalue weighted by atomic mass is 35.5. The van der Waals surface area contributed by atoms with Crippen LogP contribution in [-0.2, 0) is 4.79 Å². The molecule has 0 spiro atoms. The molecule has 1 aliphatic carbocycles. The van der Waals surface area contributed by atoms with Gasteiger partial charge in [0.2, 0.25) is 5.91 Å². The van der Waals surface area contributed by atoms with Crippen LogP contribution in [0.25, 0.3) is 0 Å². The van der Waals surface area contributed by atoms with E-state index >= 15 is 0 Å². The first-order valence-electron chi connectivity index (χ1n) is 8.24. The van der Waals surface area contributed by atoms with Gasteiger partial charge in [0.05, 0.1) is 0 Å². The van der Waals surface area contributed by atoms with E-state index in [1.54, 1.807) is 0 Å². The quantitative estimate of drug-likeness (QED) is 0.844. The summed E-state index contributed by atoms with van der Waals surface area (Å²) in [4.78, 5) is 16.7. The molecule has 0 aromatic rings. The van der Waals surface area contributed by atoms with Crippen molar-refractivity contribution in [2.75, 3.05) is 33.7 Å². The Morgan fingerprint density at radius 1 is 1.09 bits per heavy atom. The van der Waals surface area contributed by atoms with Gasteiger partial charge in [-0.2, -0.15) is 0 Å². The number of nitrogens with two attached hydrogens (primary N) is 1. The van der Waals surface area contributed by atoms with Crippen LogP contribution in [0.1, 0.15) is 44.9 Å². The third-order valence-electron chi connectivity index (χ3n) is 5.00. The summed E-state index contributed by atoms with van der Waals surface area (Å²) in [5.74, 6) is 1.53. The van der Waals surface area contributed by atoms with E-state index in [0.29, 0.717) is 18.2 Å². The van der Waals surface area contributed by atoms with Crippen LogP contribution in [0.3, 0.4) is 0 Å². The zero-order valence-corrected chi connectivity index (χ0v) is 15.6. The lowest BCUT2D eigenvalue weighted by Gasteiger charge is -2.35. The molecule has 0 bridgehead atoms. The molecule has 2 aliphatic rings. The summed E-state index contributed by atoms with van der Waals surface area (Å²) in [7, 11) is 4.25. The summed E-state index contributed by atoms with van der Waals surface area (Å²) in [5, 5.41) is 0. The Bertz CT molecular complexity index is 321. The average molecular weight is 354 g/mol. The number of amides is 1. The van der Waals surface area contributed by atoms with Gasteiger partial charge in [0.25, 0.3) is 0 Å². The highest BCUT2D eigenvalue weighted by Crippen LogP contribution is 2.27. The number of carbonyl (C=O) groups is 1. The minimum Gasteiger partial charge on any atom is -0.343 e. The molecule has 1 saturated carbocycles. The second-order valence-electron chi connectivity index (χ2n) is 7.00. The first-order valence-corrected chi connectivity index (χ1v) is 8.24. The largest absolute Gasteiger partial charge is 0.343 e. The smallest absolute Gasteiger partial charge is 0.222 e. The van der Waals surface area contributed by atoms with Crippen molar-refractivity contribution in [2.24, 2.45) is 17.6 Å². The van der Waals surface area contributed by atoms with Crippen molar-refractivity contribution in [1.29, 1.82) is 0 Å². The van der Waals surface area contributed by atoms with Gasteiger partial charge in [-0.1, -0.05) is 12.8 Å². The number of hydrogen-bond donors (Lipinski definition) is 1. The number of rotatable bonds is 4. The third-order valence-corrected chi connectivity index (χ3v) is 5.00. The van der Waals surface area contributed by atoms with Gasteiger partial charge in [-0.3, -0.25) is 4.79 Å². The Kier molecular flexibility index (Phi) is 10.7. The Hall–Kier alpha value is -0.0300. The predicted molar refractivity (Wildman–Crippen MR) is 96.9 cm³/mol. The third kappa shape index (κ3) is 6.61. The fraction of sp³-hybridized carbons (Fsp3) is 0.938. The summed E-state index contributed by atoms with van der Waals surface area (Å²) in [6, 6.07) is 0.249. The summed E-state index contributed by atoms with van der Waals surface area (Å²) >= 11 is 0. The Balaban J connectivity index is 0.00000220. The maximum Gasteiger partial charge on any atom is 0.222 e. The standard InChI is InChI=1S/C16H31N3O.2ClH/c1-18(2)12-13-7-9-19(10-8-13)16(20)11-14-5-3-4-6-15(14)17;;/h13-15H,3-12,17H2,1-2H3;2*1H. The Morgan fingerprint density at radius 2 is 1.68 bits per heavy atom. The van der Waals surface area contributed by atoms with Crippen LogP contribution in [0.4, 0.5) is 0 Å². The van der Waals surface area contributed by atoms with Crippen molar-refractivity contribution in [3.05, 3.63) is 0 Å². The van der Waals surface area contributed by atoms with Crippen molar-refractivity contribution < 1.29 is 4.79 Å². The fourth-order valence-corrected chi connectivity index (χ4v) is 3.72. The molecule has 2 fully saturated rings. The van der Waals surface area contributed by atoms with Crippen molar-refractivity contribution in [3.8, 4) is 0 Å². The molecule has 1 heterocycles. The summed E-state index contributed by atoms with van der Waals surface area (Å²) in [5.41, 5.74) is 6.16. The van der Waals surface area contributed by atoms with Gasteiger partial charge in [0.1, 0.15) is 0 Å². The molecule has 2 atom stereocenters. The summed E-state index contributed by atoms with van der Waals surface area (Å²) in [6.07, 6.45) is 7.71. The second-order valence-corrected chi connectivity index (χ2v) is 7.00. The van der Waals surface area contributed by atoms with Crippen molar-refractivity contribution in [3.63, 3.8) is 0 Å². The Labute approximate surface area is 148 Å². The molecule has 0 aromatic heterocycles. The van der Waals surface area contributed by atoms with E-state index in [-0.39, 0.29) is 30.9 Å². The molecule has 4 nitrogen and oxygen atoms in total. The maximum absolute atomic E-state index is 12.4. The number of halogens is 2. The van der Waals surface area contributed by atoms with E-state index in [1.165, 1.54) is 12.8 Å². The molecule has 2 N–H and O–H groups in total. The molecule has 132 valence electrons. The van der Waals surface area contributed by atoms with Crippen LogP contribution >= 0.6 is 24.8 Å². The zero-order chi connectivity index (χ0) is 14.5. The molecule has 0 aromatic carbocycles. The van der Waals surface area contributed by atoms with Crippen molar-refractivity contribution in [1.82, 2.24) is 9.80 Å². The fourth-order valence-electron chi connectivity index (χ4n) is 3.72. The normalized spacial score (nSPS) is 26.3. The summed E-state index contributed by atoms with van der Waals surface area (Å²) < 4.78 is 0. The monoisotopic (exact) mass is 353 g/mol. The van der Waals surface area contributed by atoms with Crippen molar-refractivity contribution >= 4 is 30.7 Å². The molecule has 1 amide bonds. The molecule has 1 aliphatic heterocycles. The lowest BCUT2D eigenvalue weighted by Crippen LogP contribution is -2.43. The van der Waals surface area contributed by atoms with Gasteiger partial charge in [0.15, 0.2) is 0 Å². The number of hydrogen-bond acceptors (Lipinski definition) is 3.